The van der Waals surface area contributed by atoms with Crippen molar-refractivity contribution in [1.29, 1.82) is 0 Å². The summed E-state index contributed by atoms with van der Waals surface area (Å²) < 4.78 is 33.2. The van der Waals surface area contributed by atoms with Gasteiger partial charge in [-0.15, -0.1) is 8.78 Å². The van der Waals surface area contributed by atoms with E-state index >= 15 is 0 Å². The molecule has 0 aromatic carbocycles. The SMILES string of the molecule is C=C(/C=C\C1=C(C)OC(F)(F)O1)CO. The highest BCUT2D eigenvalue weighted by Crippen LogP contribution is 2.33. The van der Waals surface area contributed by atoms with Crippen molar-refractivity contribution in [3.8, 4) is 0 Å². The minimum Gasteiger partial charge on any atom is -0.400 e. The maximum Gasteiger partial charge on any atom is 0.585 e. The van der Waals surface area contributed by atoms with Gasteiger partial charge >= 0.3 is 6.29 Å². The molecule has 0 unspecified atom stereocenters. The van der Waals surface area contributed by atoms with Crippen molar-refractivity contribution >= 4 is 0 Å². The van der Waals surface area contributed by atoms with E-state index in [4.69, 9.17) is 5.11 Å². The first kappa shape index (κ1) is 10.7. The van der Waals surface area contributed by atoms with Crippen LogP contribution in [0.15, 0.2) is 35.8 Å². The van der Waals surface area contributed by atoms with Crippen molar-refractivity contribution in [2.45, 2.75) is 13.2 Å². The molecule has 1 N–H and O–H groups in total. The molecule has 1 heterocycles. The average Bonchev–Trinajstić information content (AvgIpc) is 2.35. The number of aliphatic hydroxyl groups excluding tert-OH is 1. The first-order chi connectivity index (χ1) is 6.44. The molecule has 0 atom stereocenters. The molecule has 1 aliphatic rings. The van der Waals surface area contributed by atoms with Gasteiger partial charge in [0.1, 0.15) is 5.76 Å². The second kappa shape index (κ2) is 3.79. The van der Waals surface area contributed by atoms with Gasteiger partial charge in [-0.3, -0.25) is 0 Å². The number of alkyl halides is 2. The number of hydrogen-bond donors (Lipinski definition) is 1. The fourth-order valence-corrected chi connectivity index (χ4v) is 0.847. The summed E-state index contributed by atoms with van der Waals surface area (Å²) in [5, 5.41) is 8.59. The Kier molecular flexibility index (Phi) is 2.90. The lowest BCUT2D eigenvalue weighted by molar-refractivity contribution is -0.336. The van der Waals surface area contributed by atoms with E-state index in [9.17, 15) is 8.78 Å². The van der Waals surface area contributed by atoms with Gasteiger partial charge in [-0.1, -0.05) is 12.7 Å². The molecular weight excluding hydrogens is 194 g/mol. The lowest BCUT2D eigenvalue weighted by atomic mass is 10.2. The van der Waals surface area contributed by atoms with Crippen LogP contribution in [0.4, 0.5) is 8.78 Å². The van der Waals surface area contributed by atoms with Crippen molar-refractivity contribution in [1.82, 2.24) is 0 Å². The van der Waals surface area contributed by atoms with Crippen LogP contribution in [0.2, 0.25) is 0 Å². The lowest BCUT2D eigenvalue weighted by Crippen LogP contribution is -2.16. The first-order valence-electron chi connectivity index (χ1n) is 3.88. The Hall–Kier alpha value is -1.36. The monoisotopic (exact) mass is 204 g/mol. The number of allylic oxidation sites excluding steroid dienone is 2. The molecule has 0 aromatic heterocycles. The maximum atomic E-state index is 12.5. The summed E-state index contributed by atoms with van der Waals surface area (Å²) in [5.74, 6) is -0.0680. The van der Waals surface area contributed by atoms with Gasteiger partial charge in [0.25, 0.3) is 0 Å². The minimum atomic E-state index is -3.59. The van der Waals surface area contributed by atoms with Crippen LogP contribution >= 0.6 is 0 Å². The van der Waals surface area contributed by atoms with Gasteiger partial charge in [0.2, 0.25) is 0 Å². The normalized spacial score (nSPS) is 19.7. The van der Waals surface area contributed by atoms with E-state index < -0.39 is 6.29 Å². The van der Waals surface area contributed by atoms with Crippen LogP contribution in [-0.2, 0) is 9.47 Å². The highest BCUT2D eigenvalue weighted by atomic mass is 19.3. The summed E-state index contributed by atoms with van der Waals surface area (Å²) in [6.07, 6.45) is -0.942. The Bertz CT molecular complexity index is 305. The topological polar surface area (TPSA) is 38.7 Å². The van der Waals surface area contributed by atoms with Crippen molar-refractivity contribution in [2.24, 2.45) is 0 Å². The predicted octanol–water partition coefficient (Wildman–Crippen LogP) is 1.92. The second-order valence-corrected chi connectivity index (χ2v) is 2.74. The molecule has 0 amide bonds. The van der Waals surface area contributed by atoms with Crippen LogP contribution in [0.25, 0.3) is 0 Å². The second-order valence-electron chi connectivity index (χ2n) is 2.74. The summed E-state index contributed by atoms with van der Waals surface area (Å²) in [5.41, 5.74) is 0.393. The van der Waals surface area contributed by atoms with Crippen molar-refractivity contribution < 1.29 is 23.4 Å². The van der Waals surface area contributed by atoms with E-state index in [1.54, 1.807) is 0 Å². The molecule has 0 saturated carbocycles. The molecule has 0 saturated heterocycles. The van der Waals surface area contributed by atoms with Gasteiger partial charge in [0, 0.05) is 0 Å². The third kappa shape index (κ3) is 2.56. The number of aliphatic hydroxyl groups is 1. The van der Waals surface area contributed by atoms with E-state index in [0.717, 1.165) is 0 Å². The van der Waals surface area contributed by atoms with Gasteiger partial charge in [-0.25, -0.2) is 0 Å². The van der Waals surface area contributed by atoms with Crippen LogP contribution in [0, 0.1) is 0 Å². The molecule has 0 radical (unpaired) electrons. The summed E-state index contributed by atoms with van der Waals surface area (Å²) in [4.78, 5) is 0. The molecule has 0 bridgehead atoms. The largest absolute Gasteiger partial charge is 0.585 e. The van der Waals surface area contributed by atoms with E-state index in [1.165, 1.54) is 19.1 Å². The molecule has 1 aliphatic heterocycles. The number of rotatable bonds is 3. The van der Waals surface area contributed by atoms with E-state index in [0.29, 0.717) is 5.57 Å². The molecule has 0 aromatic rings. The highest BCUT2D eigenvalue weighted by molar-refractivity contribution is 5.25. The average molecular weight is 204 g/mol. The number of halogens is 2. The van der Waals surface area contributed by atoms with Crippen molar-refractivity contribution in [3.63, 3.8) is 0 Å². The standard InChI is InChI=1S/C9H10F2O3/c1-6(5-12)3-4-8-7(2)13-9(10,11)14-8/h3-4,12H,1,5H2,2H3/b4-3-. The maximum absolute atomic E-state index is 12.5. The van der Waals surface area contributed by atoms with Crippen LogP contribution < -0.4 is 0 Å². The summed E-state index contributed by atoms with van der Waals surface area (Å²) in [6, 6.07) is 0. The third-order valence-corrected chi connectivity index (χ3v) is 1.52. The predicted molar refractivity (Wildman–Crippen MR) is 45.2 cm³/mol. The van der Waals surface area contributed by atoms with Crippen LogP contribution in [0.1, 0.15) is 6.92 Å². The highest BCUT2D eigenvalue weighted by Gasteiger charge is 2.42. The summed E-state index contributed by atoms with van der Waals surface area (Å²) >= 11 is 0. The molecule has 5 heteroatoms. The smallest absolute Gasteiger partial charge is 0.400 e. The minimum absolute atomic E-state index is 0.00279. The van der Waals surface area contributed by atoms with Gasteiger partial charge in [-0.05, 0) is 18.6 Å². The van der Waals surface area contributed by atoms with Crippen LogP contribution in [-0.4, -0.2) is 18.0 Å². The Balaban J connectivity index is 2.67. The molecule has 0 aliphatic carbocycles. The van der Waals surface area contributed by atoms with Crippen LogP contribution in [0.3, 0.4) is 0 Å². The molecular formula is C9H10F2O3. The molecule has 78 valence electrons. The number of ether oxygens (including phenoxy) is 2. The van der Waals surface area contributed by atoms with Gasteiger partial charge in [-0.2, -0.15) is 0 Å². The fourth-order valence-electron chi connectivity index (χ4n) is 0.847. The molecule has 0 spiro atoms. The molecule has 14 heavy (non-hydrogen) atoms. The van der Waals surface area contributed by atoms with Crippen LogP contribution in [0.5, 0.6) is 0 Å². The quantitative estimate of drug-likeness (QED) is 0.714. The molecule has 0 fully saturated rings. The third-order valence-electron chi connectivity index (χ3n) is 1.52. The van der Waals surface area contributed by atoms with Gasteiger partial charge < -0.3 is 14.6 Å². The first-order valence-corrected chi connectivity index (χ1v) is 3.88. The molecule has 3 nitrogen and oxygen atoms in total. The van der Waals surface area contributed by atoms with E-state index in [-0.39, 0.29) is 18.1 Å². The van der Waals surface area contributed by atoms with Crippen molar-refractivity contribution in [3.05, 3.63) is 35.8 Å². The van der Waals surface area contributed by atoms with Gasteiger partial charge in [0.15, 0.2) is 5.76 Å². The Labute approximate surface area is 79.9 Å². The molecule has 1 rings (SSSR count). The zero-order valence-electron chi connectivity index (χ0n) is 7.59. The Morgan fingerprint density at radius 2 is 2.21 bits per heavy atom. The summed E-state index contributed by atoms with van der Waals surface area (Å²) in [7, 11) is 0. The van der Waals surface area contributed by atoms with E-state index in [2.05, 4.69) is 16.1 Å². The zero-order chi connectivity index (χ0) is 10.8. The number of hydrogen-bond acceptors (Lipinski definition) is 3. The van der Waals surface area contributed by atoms with Crippen molar-refractivity contribution in [2.75, 3.05) is 6.61 Å². The van der Waals surface area contributed by atoms with Gasteiger partial charge in [0.05, 0.1) is 6.61 Å². The Morgan fingerprint density at radius 1 is 1.57 bits per heavy atom. The lowest BCUT2D eigenvalue weighted by Gasteiger charge is -2.06. The summed E-state index contributed by atoms with van der Waals surface area (Å²) in [6.45, 7) is 4.58. The van der Waals surface area contributed by atoms with E-state index in [1.807, 2.05) is 0 Å². The Morgan fingerprint density at radius 3 is 2.64 bits per heavy atom. The zero-order valence-corrected chi connectivity index (χ0v) is 7.59. The fraction of sp³-hybridized carbons (Fsp3) is 0.333.